The van der Waals surface area contributed by atoms with Gasteiger partial charge in [0, 0.05) is 29.5 Å². The van der Waals surface area contributed by atoms with Gasteiger partial charge in [-0.05, 0) is 34.1 Å². The third kappa shape index (κ3) is 5.13. The maximum atomic E-state index is 5.39. The Hall–Kier alpha value is -1.16. The molecule has 1 rings (SSSR count). The molecule has 1 heterocycles. The normalized spacial score (nSPS) is 11.6. The number of ether oxygens (including phenoxy) is 1. The molecule has 4 nitrogen and oxygen atoms in total. The molecule has 1 N–H and O–H groups in total. The second-order valence-electron chi connectivity index (χ2n) is 5.22. The Morgan fingerprint density at radius 3 is 2.59 bits per heavy atom. The minimum Gasteiger partial charge on any atom is -0.463 e. The maximum Gasteiger partial charge on any atom is 0.316 e. The fourth-order valence-corrected chi connectivity index (χ4v) is 1.27. The van der Waals surface area contributed by atoms with Crippen molar-refractivity contribution in [3.63, 3.8) is 0 Å². The van der Waals surface area contributed by atoms with Gasteiger partial charge < -0.3 is 10.1 Å². The first-order chi connectivity index (χ1) is 7.92. The minimum absolute atomic E-state index is 0.101. The van der Waals surface area contributed by atoms with E-state index >= 15 is 0 Å². The first-order valence-corrected chi connectivity index (χ1v) is 6.12. The molecular weight excluding hydrogens is 214 g/mol. The van der Waals surface area contributed by atoms with Crippen molar-refractivity contribution in [3.05, 3.63) is 17.5 Å². The minimum atomic E-state index is 0.101. The second kappa shape index (κ2) is 5.96. The summed E-state index contributed by atoms with van der Waals surface area (Å²) in [5.41, 5.74) is 2.19. The third-order valence-corrected chi connectivity index (χ3v) is 2.30. The van der Waals surface area contributed by atoms with Crippen LogP contribution >= 0.6 is 0 Å². The first-order valence-electron chi connectivity index (χ1n) is 6.12. The van der Waals surface area contributed by atoms with Gasteiger partial charge in [-0.1, -0.05) is 6.92 Å². The zero-order chi connectivity index (χ0) is 12.9. The van der Waals surface area contributed by atoms with Crippen LogP contribution in [0.4, 0.5) is 0 Å². The van der Waals surface area contributed by atoms with Gasteiger partial charge >= 0.3 is 6.01 Å². The van der Waals surface area contributed by atoms with Gasteiger partial charge in [-0.15, -0.1) is 0 Å². The van der Waals surface area contributed by atoms with E-state index < -0.39 is 0 Å². The van der Waals surface area contributed by atoms with E-state index in [1.165, 1.54) is 0 Å². The lowest BCUT2D eigenvalue weighted by Crippen LogP contribution is -2.35. The highest BCUT2D eigenvalue weighted by Gasteiger charge is 2.10. The molecule has 1 aromatic heterocycles. The van der Waals surface area contributed by atoms with E-state index in [4.69, 9.17) is 4.74 Å². The number of aryl methyl sites for hydroxylation is 1. The summed E-state index contributed by atoms with van der Waals surface area (Å²) in [5.74, 6) is 0. The molecule has 0 aromatic carbocycles. The fraction of sp³-hybridized carbons (Fsp3) is 0.692. The summed E-state index contributed by atoms with van der Waals surface area (Å²) in [6.07, 6.45) is 2.81. The molecule has 0 saturated carbocycles. The lowest BCUT2D eigenvalue weighted by atomic mass is 10.1. The van der Waals surface area contributed by atoms with E-state index in [1.807, 2.05) is 13.1 Å². The molecule has 4 heteroatoms. The molecule has 17 heavy (non-hydrogen) atoms. The molecule has 0 amide bonds. The standard InChI is InChI=1S/C13H23N3O/c1-6-7-17-12-14-8-11(10(2)16-12)9-15-13(3,4)5/h8,15H,6-7,9H2,1-5H3. The highest BCUT2D eigenvalue weighted by atomic mass is 16.5. The first kappa shape index (κ1) is 13.9. The number of hydrogen-bond acceptors (Lipinski definition) is 4. The van der Waals surface area contributed by atoms with Gasteiger partial charge in [0.2, 0.25) is 0 Å². The van der Waals surface area contributed by atoms with Crippen molar-refractivity contribution >= 4 is 0 Å². The molecule has 0 atom stereocenters. The molecule has 96 valence electrons. The van der Waals surface area contributed by atoms with Crippen LogP contribution in [0.15, 0.2) is 6.20 Å². The van der Waals surface area contributed by atoms with Crippen LogP contribution in [0, 0.1) is 6.92 Å². The molecule has 0 spiro atoms. The summed E-state index contributed by atoms with van der Waals surface area (Å²) in [4.78, 5) is 8.54. The Kier molecular flexibility index (Phi) is 4.87. The van der Waals surface area contributed by atoms with E-state index in [0.29, 0.717) is 12.6 Å². The molecule has 0 aliphatic heterocycles. The van der Waals surface area contributed by atoms with Gasteiger partial charge in [0.25, 0.3) is 0 Å². The van der Waals surface area contributed by atoms with Crippen LogP contribution in [0.3, 0.4) is 0 Å². The second-order valence-corrected chi connectivity index (χ2v) is 5.22. The lowest BCUT2D eigenvalue weighted by Gasteiger charge is -2.20. The van der Waals surface area contributed by atoms with E-state index in [-0.39, 0.29) is 5.54 Å². The topological polar surface area (TPSA) is 47.0 Å². The molecule has 1 aromatic rings. The number of nitrogens with one attached hydrogen (secondary N) is 1. The van der Waals surface area contributed by atoms with Crippen molar-refractivity contribution in [2.45, 2.75) is 53.1 Å². The molecule has 0 aliphatic carbocycles. The van der Waals surface area contributed by atoms with Crippen LogP contribution in [-0.2, 0) is 6.54 Å². The van der Waals surface area contributed by atoms with Gasteiger partial charge in [-0.2, -0.15) is 0 Å². The van der Waals surface area contributed by atoms with Crippen LogP contribution in [0.1, 0.15) is 45.4 Å². The summed E-state index contributed by atoms with van der Waals surface area (Å²) in [6, 6.07) is 0.476. The summed E-state index contributed by atoms with van der Waals surface area (Å²) in [5, 5.41) is 3.42. The Morgan fingerprint density at radius 2 is 2.06 bits per heavy atom. The van der Waals surface area contributed by atoms with Gasteiger partial charge in [-0.25, -0.2) is 9.97 Å². The molecule has 0 bridgehead atoms. The van der Waals surface area contributed by atoms with E-state index in [0.717, 1.165) is 24.2 Å². The number of nitrogens with zero attached hydrogens (tertiary/aromatic N) is 2. The van der Waals surface area contributed by atoms with Crippen molar-refractivity contribution in [1.82, 2.24) is 15.3 Å². The summed E-state index contributed by atoms with van der Waals surface area (Å²) in [7, 11) is 0. The predicted molar refractivity (Wildman–Crippen MR) is 69.1 cm³/mol. The highest BCUT2D eigenvalue weighted by molar-refractivity contribution is 5.17. The summed E-state index contributed by atoms with van der Waals surface area (Å²) < 4.78 is 5.39. The third-order valence-electron chi connectivity index (χ3n) is 2.30. The number of aromatic nitrogens is 2. The quantitative estimate of drug-likeness (QED) is 0.854. The Balaban J connectivity index is 2.63. The summed E-state index contributed by atoms with van der Waals surface area (Å²) >= 11 is 0. The van der Waals surface area contributed by atoms with Gasteiger partial charge in [0.15, 0.2) is 0 Å². The Morgan fingerprint density at radius 1 is 1.35 bits per heavy atom. The fourth-order valence-electron chi connectivity index (χ4n) is 1.27. The Bertz CT molecular complexity index is 358. The average Bonchev–Trinajstić information content (AvgIpc) is 2.23. The van der Waals surface area contributed by atoms with Gasteiger partial charge in [0.1, 0.15) is 0 Å². The molecule has 0 unspecified atom stereocenters. The van der Waals surface area contributed by atoms with Gasteiger partial charge in [-0.3, -0.25) is 0 Å². The molecule has 0 fully saturated rings. The molecule has 0 radical (unpaired) electrons. The van der Waals surface area contributed by atoms with Crippen molar-refractivity contribution < 1.29 is 4.74 Å². The van der Waals surface area contributed by atoms with E-state index in [1.54, 1.807) is 0 Å². The van der Waals surface area contributed by atoms with E-state index in [9.17, 15) is 0 Å². The largest absolute Gasteiger partial charge is 0.463 e. The van der Waals surface area contributed by atoms with Crippen molar-refractivity contribution in [3.8, 4) is 6.01 Å². The van der Waals surface area contributed by atoms with Crippen molar-refractivity contribution in [2.24, 2.45) is 0 Å². The van der Waals surface area contributed by atoms with E-state index in [2.05, 4.69) is 43.0 Å². The lowest BCUT2D eigenvalue weighted by molar-refractivity contribution is 0.291. The molecule has 0 aliphatic rings. The smallest absolute Gasteiger partial charge is 0.316 e. The maximum absolute atomic E-state index is 5.39. The zero-order valence-corrected chi connectivity index (χ0v) is 11.5. The molecule has 0 saturated heterocycles. The average molecular weight is 237 g/mol. The van der Waals surface area contributed by atoms with Crippen LogP contribution in [-0.4, -0.2) is 22.1 Å². The highest BCUT2D eigenvalue weighted by Crippen LogP contribution is 2.10. The van der Waals surface area contributed by atoms with Crippen LogP contribution in [0.2, 0.25) is 0 Å². The number of rotatable bonds is 5. The SMILES string of the molecule is CCCOc1ncc(CNC(C)(C)C)c(C)n1. The predicted octanol–water partition coefficient (Wildman–Crippen LogP) is 2.46. The van der Waals surface area contributed by atoms with Crippen molar-refractivity contribution in [2.75, 3.05) is 6.61 Å². The summed E-state index contributed by atoms with van der Waals surface area (Å²) in [6.45, 7) is 11.9. The zero-order valence-electron chi connectivity index (χ0n) is 11.5. The van der Waals surface area contributed by atoms with Gasteiger partial charge in [0.05, 0.1) is 6.61 Å². The van der Waals surface area contributed by atoms with Crippen LogP contribution in [0.25, 0.3) is 0 Å². The van der Waals surface area contributed by atoms with Crippen LogP contribution < -0.4 is 10.1 Å². The van der Waals surface area contributed by atoms with Crippen LogP contribution in [0.5, 0.6) is 6.01 Å². The van der Waals surface area contributed by atoms with Crippen molar-refractivity contribution in [1.29, 1.82) is 0 Å². The Labute approximate surface area is 104 Å². The number of hydrogen-bond donors (Lipinski definition) is 1. The monoisotopic (exact) mass is 237 g/mol. The molecular formula is C13H23N3O.